The van der Waals surface area contributed by atoms with E-state index < -0.39 is 0 Å². The summed E-state index contributed by atoms with van der Waals surface area (Å²) in [6.45, 7) is 8.07. The van der Waals surface area contributed by atoms with Crippen LogP contribution in [0, 0.1) is 13.8 Å². The van der Waals surface area contributed by atoms with E-state index in [1.165, 1.54) is 5.56 Å². The van der Waals surface area contributed by atoms with Crippen molar-refractivity contribution in [3.05, 3.63) is 52.8 Å². The predicted molar refractivity (Wildman–Crippen MR) is 124 cm³/mol. The maximum Gasteiger partial charge on any atom is 0.239 e. The molecule has 2 rings (SSSR count). The summed E-state index contributed by atoms with van der Waals surface area (Å²) >= 11 is 0. The third-order valence-electron chi connectivity index (χ3n) is 4.39. The topological polar surface area (TPSA) is 83.3 Å². The van der Waals surface area contributed by atoms with Gasteiger partial charge in [-0.1, -0.05) is 30.3 Å². The number of guanidine groups is 1. The van der Waals surface area contributed by atoms with Crippen LogP contribution in [0.1, 0.15) is 29.4 Å². The Morgan fingerprint density at radius 1 is 1.14 bits per heavy atom. The van der Waals surface area contributed by atoms with Gasteiger partial charge in [-0.3, -0.25) is 9.48 Å². The standard InChI is InChI=1S/C20H30N6O.HI/c1-5-21-20(23-13-18-15(2)25-26(4)16(18)3)24-14-19(27)22-12-11-17-9-7-6-8-10-17;/h6-10H,5,11-14H2,1-4H3,(H,22,27)(H2,21,23,24);1H. The van der Waals surface area contributed by atoms with Gasteiger partial charge in [0.15, 0.2) is 5.96 Å². The SMILES string of the molecule is CCNC(=NCc1c(C)nn(C)c1C)NCC(=O)NCCc1ccccc1.I. The van der Waals surface area contributed by atoms with Gasteiger partial charge in [-0.2, -0.15) is 5.10 Å². The molecule has 0 aliphatic carbocycles. The first-order valence-electron chi connectivity index (χ1n) is 9.33. The fourth-order valence-electron chi connectivity index (χ4n) is 2.76. The van der Waals surface area contributed by atoms with Crippen LogP contribution in [0.3, 0.4) is 0 Å². The highest BCUT2D eigenvalue weighted by atomic mass is 127. The summed E-state index contributed by atoms with van der Waals surface area (Å²) in [4.78, 5) is 16.6. The Balaban J connectivity index is 0.00000392. The molecule has 0 aliphatic rings. The zero-order chi connectivity index (χ0) is 19.6. The molecule has 0 saturated carbocycles. The van der Waals surface area contributed by atoms with E-state index in [2.05, 4.69) is 38.2 Å². The highest BCUT2D eigenvalue weighted by Crippen LogP contribution is 2.12. The molecule has 0 atom stereocenters. The average molecular weight is 498 g/mol. The van der Waals surface area contributed by atoms with E-state index in [0.29, 0.717) is 19.0 Å². The van der Waals surface area contributed by atoms with E-state index in [1.807, 2.05) is 50.7 Å². The predicted octanol–water partition coefficient (Wildman–Crippen LogP) is 2.07. The Labute approximate surface area is 184 Å². The van der Waals surface area contributed by atoms with Crippen LogP contribution in [-0.2, 0) is 24.8 Å². The van der Waals surface area contributed by atoms with Gasteiger partial charge in [0.1, 0.15) is 0 Å². The number of aryl methyl sites for hydroxylation is 2. The van der Waals surface area contributed by atoms with E-state index >= 15 is 0 Å². The average Bonchev–Trinajstić information content (AvgIpc) is 2.90. The fraction of sp³-hybridized carbons (Fsp3) is 0.450. The summed E-state index contributed by atoms with van der Waals surface area (Å²) in [6.07, 6.45) is 0.820. The Morgan fingerprint density at radius 2 is 1.86 bits per heavy atom. The largest absolute Gasteiger partial charge is 0.357 e. The third-order valence-corrected chi connectivity index (χ3v) is 4.39. The van der Waals surface area contributed by atoms with Crippen LogP contribution >= 0.6 is 24.0 Å². The molecule has 0 spiro atoms. The molecule has 7 nitrogen and oxygen atoms in total. The molecule has 0 unspecified atom stereocenters. The molecule has 0 radical (unpaired) electrons. The van der Waals surface area contributed by atoms with Crippen molar-refractivity contribution in [2.75, 3.05) is 19.6 Å². The van der Waals surface area contributed by atoms with Crippen molar-refractivity contribution in [2.24, 2.45) is 12.0 Å². The minimum atomic E-state index is -0.0507. The second kappa shape index (κ2) is 12.4. The van der Waals surface area contributed by atoms with E-state index in [4.69, 9.17) is 0 Å². The number of carbonyl (C=O) groups excluding carboxylic acids is 1. The number of carbonyl (C=O) groups is 1. The smallest absolute Gasteiger partial charge is 0.239 e. The van der Waals surface area contributed by atoms with Crippen molar-refractivity contribution in [1.29, 1.82) is 0 Å². The molecule has 1 aromatic carbocycles. The molecule has 28 heavy (non-hydrogen) atoms. The molecule has 0 bridgehead atoms. The van der Waals surface area contributed by atoms with Crippen molar-refractivity contribution >= 4 is 35.8 Å². The lowest BCUT2D eigenvalue weighted by molar-refractivity contribution is -0.119. The number of hydrogen-bond donors (Lipinski definition) is 3. The Kier molecular flexibility index (Phi) is 10.6. The van der Waals surface area contributed by atoms with Crippen molar-refractivity contribution in [2.45, 2.75) is 33.7 Å². The van der Waals surface area contributed by atoms with Gasteiger partial charge in [0, 0.05) is 31.4 Å². The van der Waals surface area contributed by atoms with E-state index in [1.54, 1.807) is 0 Å². The van der Waals surface area contributed by atoms with Gasteiger partial charge in [0.2, 0.25) is 5.91 Å². The zero-order valence-corrected chi connectivity index (χ0v) is 19.4. The van der Waals surface area contributed by atoms with E-state index in [-0.39, 0.29) is 36.4 Å². The Hall–Kier alpha value is -2.10. The number of nitrogens with zero attached hydrogens (tertiary/aromatic N) is 3. The molecule has 1 amide bonds. The maximum absolute atomic E-state index is 12.1. The highest BCUT2D eigenvalue weighted by molar-refractivity contribution is 14.0. The van der Waals surface area contributed by atoms with Crippen molar-refractivity contribution < 1.29 is 4.79 Å². The van der Waals surface area contributed by atoms with Gasteiger partial charge in [-0.25, -0.2) is 4.99 Å². The molecule has 0 fully saturated rings. The van der Waals surface area contributed by atoms with Crippen molar-refractivity contribution in [3.8, 4) is 0 Å². The normalized spacial score (nSPS) is 10.9. The van der Waals surface area contributed by atoms with Crippen LogP contribution in [0.5, 0.6) is 0 Å². The third kappa shape index (κ3) is 7.49. The summed E-state index contributed by atoms with van der Waals surface area (Å²) in [5.41, 5.74) is 4.41. The van der Waals surface area contributed by atoms with E-state index in [9.17, 15) is 4.79 Å². The van der Waals surface area contributed by atoms with Gasteiger partial charge in [0.05, 0.1) is 18.8 Å². The summed E-state index contributed by atoms with van der Waals surface area (Å²) in [7, 11) is 1.93. The lowest BCUT2D eigenvalue weighted by Gasteiger charge is -2.11. The van der Waals surface area contributed by atoms with Crippen LogP contribution < -0.4 is 16.0 Å². The number of rotatable bonds is 8. The lowest BCUT2D eigenvalue weighted by Crippen LogP contribution is -2.43. The quantitative estimate of drug-likeness (QED) is 0.296. The minimum Gasteiger partial charge on any atom is -0.357 e. The molecule has 8 heteroatoms. The molecule has 2 aromatic rings. The second-order valence-electron chi connectivity index (χ2n) is 6.41. The molecule has 0 aliphatic heterocycles. The molecule has 154 valence electrons. The zero-order valence-electron chi connectivity index (χ0n) is 17.1. The molecule has 1 aromatic heterocycles. The van der Waals surface area contributed by atoms with Crippen LogP contribution in [0.2, 0.25) is 0 Å². The maximum atomic E-state index is 12.1. The number of amides is 1. The van der Waals surface area contributed by atoms with Crippen LogP contribution in [0.15, 0.2) is 35.3 Å². The Bertz CT molecular complexity index is 773. The van der Waals surface area contributed by atoms with Crippen LogP contribution in [-0.4, -0.2) is 41.3 Å². The lowest BCUT2D eigenvalue weighted by atomic mass is 10.1. The Morgan fingerprint density at radius 3 is 2.46 bits per heavy atom. The first-order chi connectivity index (χ1) is 13.0. The number of benzene rings is 1. The first kappa shape index (κ1) is 23.9. The van der Waals surface area contributed by atoms with Gasteiger partial charge in [0.25, 0.3) is 0 Å². The van der Waals surface area contributed by atoms with Crippen molar-refractivity contribution in [3.63, 3.8) is 0 Å². The van der Waals surface area contributed by atoms with Gasteiger partial charge in [-0.15, -0.1) is 24.0 Å². The van der Waals surface area contributed by atoms with Crippen molar-refractivity contribution in [1.82, 2.24) is 25.7 Å². The molecule has 1 heterocycles. The van der Waals surface area contributed by atoms with Crippen LogP contribution in [0.4, 0.5) is 0 Å². The first-order valence-corrected chi connectivity index (χ1v) is 9.33. The van der Waals surface area contributed by atoms with Gasteiger partial charge < -0.3 is 16.0 Å². The second-order valence-corrected chi connectivity index (χ2v) is 6.41. The fourth-order valence-corrected chi connectivity index (χ4v) is 2.76. The number of aromatic nitrogens is 2. The summed E-state index contributed by atoms with van der Waals surface area (Å²) in [6, 6.07) is 10.1. The number of aliphatic imine (C=N–C) groups is 1. The van der Waals surface area contributed by atoms with Crippen LogP contribution in [0.25, 0.3) is 0 Å². The van der Waals surface area contributed by atoms with Gasteiger partial charge in [-0.05, 0) is 32.8 Å². The van der Waals surface area contributed by atoms with Gasteiger partial charge >= 0.3 is 0 Å². The molecular weight excluding hydrogens is 467 g/mol. The molecule has 3 N–H and O–H groups in total. The number of hydrogen-bond acceptors (Lipinski definition) is 3. The monoisotopic (exact) mass is 498 g/mol. The molecule has 0 saturated heterocycles. The summed E-state index contributed by atoms with van der Waals surface area (Å²) in [5.74, 6) is 0.573. The summed E-state index contributed by atoms with van der Waals surface area (Å²) in [5, 5.41) is 13.6. The molecular formula is C20H31IN6O. The highest BCUT2D eigenvalue weighted by Gasteiger charge is 2.09. The van der Waals surface area contributed by atoms with E-state index in [0.717, 1.165) is 29.9 Å². The number of halogens is 1. The minimum absolute atomic E-state index is 0. The summed E-state index contributed by atoms with van der Waals surface area (Å²) < 4.78 is 1.86. The number of nitrogens with one attached hydrogen (secondary N) is 3.